The van der Waals surface area contributed by atoms with Crippen molar-refractivity contribution < 1.29 is 9.90 Å². The van der Waals surface area contributed by atoms with Gasteiger partial charge in [-0.2, -0.15) is 0 Å². The van der Waals surface area contributed by atoms with Gasteiger partial charge in [0.15, 0.2) is 0 Å². The van der Waals surface area contributed by atoms with Crippen LogP contribution >= 0.6 is 0 Å². The molecule has 0 saturated carbocycles. The molecule has 2 aromatic rings. The van der Waals surface area contributed by atoms with Crippen LogP contribution in [0.1, 0.15) is 15.9 Å². The normalized spacial score (nSPS) is 10.0. The average molecular weight is 242 g/mol. The third-order valence-corrected chi connectivity index (χ3v) is 2.55. The lowest BCUT2D eigenvalue weighted by Gasteiger charge is -2.05. The number of aromatic hydroxyl groups is 1. The second kappa shape index (κ2) is 5.82. The highest BCUT2D eigenvalue weighted by Gasteiger charge is 2.04. The maximum absolute atomic E-state index is 11.7. The van der Waals surface area contributed by atoms with Crippen molar-refractivity contribution in [3.05, 3.63) is 59.9 Å². The summed E-state index contributed by atoms with van der Waals surface area (Å²) < 4.78 is 0. The van der Waals surface area contributed by atoms with Crippen molar-refractivity contribution in [2.75, 3.05) is 6.54 Å². The predicted molar refractivity (Wildman–Crippen MR) is 68.4 cm³/mol. The quantitative estimate of drug-likeness (QED) is 0.858. The van der Waals surface area contributed by atoms with Crippen molar-refractivity contribution in [2.24, 2.45) is 0 Å². The molecular formula is C14H14N2O2. The summed E-state index contributed by atoms with van der Waals surface area (Å²) in [5.41, 5.74) is 1.63. The van der Waals surface area contributed by atoms with Gasteiger partial charge in [0.2, 0.25) is 0 Å². The predicted octanol–water partition coefficient (Wildman–Crippen LogP) is 1.76. The minimum absolute atomic E-state index is 0.140. The number of aromatic nitrogens is 1. The molecular weight excluding hydrogens is 228 g/mol. The van der Waals surface area contributed by atoms with Crippen LogP contribution in [0.25, 0.3) is 0 Å². The van der Waals surface area contributed by atoms with E-state index in [-0.39, 0.29) is 11.7 Å². The summed E-state index contributed by atoms with van der Waals surface area (Å²) >= 11 is 0. The second-order valence-electron chi connectivity index (χ2n) is 3.91. The number of amides is 1. The molecule has 0 aliphatic carbocycles. The SMILES string of the molecule is O=C(NCCc1cccnc1)c1ccc(O)cc1. The molecule has 0 radical (unpaired) electrons. The molecule has 4 heteroatoms. The molecule has 1 amide bonds. The minimum Gasteiger partial charge on any atom is -0.508 e. The van der Waals surface area contributed by atoms with Gasteiger partial charge in [-0.3, -0.25) is 9.78 Å². The Bertz CT molecular complexity index is 509. The lowest BCUT2D eigenvalue weighted by Crippen LogP contribution is -2.25. The molecule has 2 N–H and O–H groups in total. The first kappa shape index (κ1) is 12.1. The zero-order valence-electron chi connectivity index (χ0n) is 9.84. The van der Waals surface area contributed by atoms with Gasteiger partial charge < -0.3 is 10.4 Å². The van der Waals surface area contributed by atoms with E-state index in [1.165, 1.54) is 12.1 Å². The number of carbonyl (C=O) groups excluding carboxylic acids is 1. The molecule has 92 valence electrons. The fraction of sp³-hybridized carbons (Fsp3) is 0.143. The van der Waals surface area contributed by atoms with Gasteiger partial charge in [0.25, 0.3) is 5.91 Å². The zero-order valence-corrected chi connectivity index (χ0v) is 9.84. The third-order valence-electron chi connectivity index (χ3n) is 2.55. The molecule has 2 rings (SSSR count). The van der Waals surface area contributed by atoms with E-state index in [9.17, 15) is 4.79 Å². The largest absolute Gasteiger partial charge is 0.508 e. The Hall–Kier alpha value is -2.36. The van der Waals surface area contributed by atoms with Gasteiger partial charge in [0.05, 0.1) is 0 Å². The fourth-order valence-electron chi connectivity index (χ4n) is 1.58. The summed E-state index contributed by atoms with van der Waals surface area (Å²) in [7, 11) is 0. The lowest BCUT2D eigenvalue weighted by molar-refractivity contribution is 0.0954. The highest BCUT2D eigenvalue weighted by atomic mass is 16.3. The van der Waals surface area contributed by atoms with Crippen molar-refractivity contribution in [3.63, 3.8) is 0 Å². The van der Waals surface area contributed by atoms with Gasteiger partial charge in [-0.1, -0.05) is 6.07 Å². The number of hydrogen-bond donors (Lipinski definition) is 2. The highest BCUT2D eigenvalue weighted by Crippen LogP contribution is 2.09. The van der Waals surface area contributed by atoms with E-state index in [0.717, 1.165) is 12.0 Å². The molecule has 18 heavy (non-hydrogen) atoms. The third kappa shape index (κ3) is 3.31. The Kier molecular flexibility index (Phi) is 3.91. The van der Waals surface area contributed by atoms with E-state index in [1.807, 2.05) is 12.1 Å². The second-order valence-corrected chi connectivity index (χ2v) is 3.91. The molecule has 1 aromatic heterocycles. The van der Waals surface area contributed by atoms with E-state index >= 15 is 0 Å². The van der Waals surface area contributed by atoms with Crippen LogP contribution in [-0.4, -0.2) is 22.5 Å². The Morgan fingerprint density at radius 3 is 2.67 bits per heavy atom. The summed E-state index contributed by atoms with van der Waals surface area (Å²) in [6.45, 7) is 0.561. The van der Waals surface area contributed by atoms with Crippen molar-refractivity contribution in [2.45, 2.75) is 6.42 Å². The molecule has 0 spiro atoms. The van der Waals surface area contributed by atoms with Crippen LogP contribution in [0.4, 0.5) is 0 Å². The standard InChI is InChI=1S/C14H14N2O2/c17-13-5-3-12(4-6-13)14(18)16-9-7-11-2-1-8-15-10-11/h1-6,8,10,17H,7,9H2,(H,16,18). The van der Waals surface area contributed by atoms with Gasteiger partial charge in [0, 0.05) is 24.5 Å². The number of pyridine rings is 1. The maximum atomic E-state index is 11.7. The molecule has 1 heterocycles. The molecule has 4 nitrogen and oxygen atoms in total. The summed E-state index contributed by atoms with van der Waals surface area (Å²) in [5.74, 6) is 0.0146. The van der Waals surface area contributed by atoms with Gasteiger partial charge in [-0.25, -0.2) is 0 Å². The smallest absolute Gasteiger partial charge is 0.251 e. The molecule has 0 aliphatic heterocycles. The first-order valence-electron chi connectivity index (χ1n) is 5.72. The van der Waals surface area contributed by atoms with Crippen LogP contribution in [0.15, 0.2) is 48.8 Å². The number of phenolic OH excluding ortho intramolecular Hbond substituents is 1. The van der Waals surface area contributed by atoms with Crippen LogP contribution in [0.3, 0.4) is 0 Å². The molecule has 0 aliphatic rings. The maximum Gasteiger partial charge on any atom is 0.251 e. The lowest BCUT2D eigenvalue weighted by atomic mass is 10.2. The van der Waals surface area contributed by atoms with Gasteiger partial charge >= 0.3 is 0 Å². The van der Waals surface area contributed by atoms with E-state index in [2.05, 4.69) is 10.3 Å². The molecule has 0 saturated heterocycles. The number of hydrogen-bond acceptors (Lipinski definition) is 3. The van der Waals surface area contributed by atoms with Gasteiger partial charge in [-0.15, -0.1) is 0 Å². The molecule has 0 bridgehead atoms. The summed E-state index contributed by atoms with van der Waals surface area (Å²) in [6.07, 6.45) is 4.25. The zero-order chi connectivity index (χ0) is 12.8. The topological polar surface area (TPSA) is 62.2 Å². The van der Waals surface area contributed by atoms with Crippen molar-refractivity contribution in [3.8, 4) is 5.75 Å². The molecule has 0 fully saturated rings. The van der Waals surface area contributed by atoms with E-state index in [1.54, 1.807) is 24.5 Å². The van der Waals surface area contributed by atoms with Crippen molar-refractivity contribution in [1.29, 1.82) is 0 Å². The van der Waals surface area contributed by atoms with E-state index in [0.29, 0.717) is 12.1 Å². The number of nitrogens with zero attached hydrogens (tertiary/aromatic N) is 1. The number of carbonyl (C=O) groups is 1. The highest BCUT2D eigenvalue weighted by molar-refractivity contribution is 5.94. The van der Waals surface area contributed by atoms with Crippen LogP contribution in [0.2, 0.25) is 0 Å². The summed E-state index contributed by atoms with van der Waals surface area (Å²) in [4.78, 5) is 15.7. The first-order valence-corrected chi connectivity index (χ1v) is 5.72. The molecule has 0 unspecified atom stereocenters. The Morgan fingerprint density at radius 1 is 1.22 bits per heavy atom. The number of phenols is 1. The number of nitrogens with one attached hydrogen (secondary N) is 1. The van der Waals surface area contributed by atoms with E-state index in [4.69, 9.17) is 5.11 Å². The molecule has 1 aromatic carbocycles. The Balaban J connectivity index is 1.84. The Morgan fingerprint density at radius 2 is 2.00 bits per heavy atom. The summed E-state index contributed by atoms with van der Waals surface area (Å²) in [5, 5.41) is 11.9. The fourth-order valence-corrected chi connectivity index (χ4v) is 1.58. The van der Waals surface area contributed by atoms with Crippen LogP contribution in [0.5, 0.6) is 5.75 Å². The summed E-state index contributed by atoms with van der Waals surface area (Å²) in [6, 6.07) is 10.0. The van der Waals surface area contributed by atoms with Gasteiger partial charge in [0.1, 0.15) is 5.75 Å². The van der Waals surface area contributed by atoms with Crippen molar-refractivity contribution in [1.82, 2.24) is 10.3 Å². The van der Waals surface area contributed by atoms with Crippen molar-refractivity contribution >= 4 is 5.91 Å². The van der Waals surface area contributed by atoms with E-state index < -0.39 is 0 Å². The average Bonchev–Trinajstić information content (AvgIpc) is 2.40. The van der Waals surface area contributed by atoms with Crippen LogP contribution in [0, 0.1) is 0 Å². The number of rotatable bonds is 4. The molecule has 0 atom stereocenters. The van der Waals surface area contributed by atoms with Crippen LogP contribution < -0.4 is 5.32 Å². The monoisotopic (exact) mass is 242 g/mol. The van der Waals surface area contributed by atoms with Crippen LogP contribution in [-0.2, 0) is 6.42 Å². The van der Waals surface area contributed by atoms with Gasteiger partial charge in [-0.05, 0) is 42.3 Å². The minimum atomic E-state index is -0.140. The number of benzene rings is 1. The first-order chi connectivity index (χ1) is 8.75. The Labute approximate surface area is 105 Å².